The van der Waals surface area contributed by atoms with Crippen molar-refractivity contribution in [2.75, 3.05) is 4.90 Å². The first kappa shape index (κ1) is 21.4. The highest BCUT2D eigenvalue weighted by Gasteiger charge is 2.34. The SMILES string of the molecule is N=C1SC(=Cc2ccc(OCc3ccccc3F)cc2)C(=O)N1c1ccc(Cl)cc1Cl. The van der Waals surface area contributed by atoms with Crippen LogP contribution in [-0.4, -0.2) is 11.1 Å². The number of hydrogen-bond acceptors (Lipinski definition) is 4. The second-order valence-electron chi connectivity index (χ2n) is 6.60. The van der Waals surface area contributed by atoms with Gasteiger partial charge in [-0.1, -0.05) is 53.5 Å². The fourth-order valence-electron chi connectivity index (χ4n) is 2.96. The number of hydrogen-bond donors (Lipinski definition) is 1. The third-order valence-electron chi connectivity index (χ3n) is 4.50. The van der Waals surface area contributed by atoms with Gasteiger partial charge in [0.25, 0.3) is 5.91 Å². The summed E-state index contributed by atoms with van der Waals surface area (Å²) in [5, 5.41) is 9.00. The zero-order valence-corrected chi connectivity index (χ0v) is 18.3. The van der Waals surface area contributed by atoms with Gasteiger partial charge in [-0.05, 0) is 59.8 Å². The Balaban J connectivity index is 1.48. The monoisotopic (exact) mass is 472 g/mol. The van der Waals surface area contributed by atoms with Gasteiger partial charge in [0.1, 0.15) is 18.2 Å². The normalized spacial score (nSPS) is 15.1. The highest BCUT2D eigenvalue weighted by molar-refractivity contribution is 8.19. The Morgan fingerprint density at radius 3 is 2.52 bits per heavy atom. The average molecular weight is 473 g/mol. The van der Waals surface area contributed by atoms with Crippen molar-refractivity contribution in [3.63, 3.8) is 0 Å². The van der Waals surface area contributed by atoms with Gasteiger partial charge in [0, 0.05) is 10.6 Å². The average Bonchev–Trinajstić information content (AvgIpc) is 3.02. The van der Waals surface area contributed by atoms with E-state index in [1.54, 1.807) is 60.7 Å². The molecular weight excluding hydrogens is 458 g/mol. The Hall–Kier alpha value is -2.80. The maximum Gasteiger partial charge on any atom is 0.271 e. The Kier molecular flexibility index (Phi) is 6.32. The van der Waals surface area contributed by atoms with E-state index in [1.807, 2.05) is 0 Å². The minimum absolute atomic E-state index is 0.0605. The minimum Gasteiger partial charge on any atom is -0.489 e. The van der Waals surface area contributed by atoms with Crippen LogP contribution in [0.3, 0.4) is 0 Å². The largest absolute Gasteiger partial charge is 0.489 e. The lowest BCUT2D eigenvalue weighted by atomic mass is 10.2. The Morgan fingerprint density at radius 2 is 1.81 bits per heavy atom. The molecule has 1 aliphatic rings. The fraction of sp³-hybridized carbons (Fsp3) is 0.0435. The van der Waals surface area contributed by atoms with E-state index in [0.717, 1.165) is 17.3 Å². The van der Waals surface area contributed by atoms with Crippen LogP contribution in [0.4, 0.5) is 10.1 Å². The number of rotatable bonds is 5. The van der Waals surface area contributed by atoms with Crippen LogP contribution in [0.1, 0.15) is 11.1 Å². The van der Waals surface area contributed by atoms with E-state index in [2.05, 4.69) is 0 Å². The van der Waals surface area contributed by atoms with Crippen molar-refractivity contribution >= 4 is 57.8 Å². The number of halogens is 3. The summed E-state index contributed by atoms with van der Waals surface area (Å²) in [6.45, 7) is 0.120. The van der Waals surface area contributed by atoms with E-state index < -0.39 is 0 Å². The number of carbonyl (C=O) groups is 1. The molecule has 0 atom stereocenters. The maximum absolute atomic E-state index is 13.7. The van der Waals surface area contributed by atoms with E-state index in [0.29, 0.717) is 32.0 Å². The third-order valence-corrected chi connectivity index (χ3v) is 5.93. The molecule has 1 N–H and O–H groups in total. The summed E-state index contributed by atoms with van der Waals surface area (Å²) in [6.07, 6.45) is 1.70. The number of nitrogens with zero attached hydrogens (tertiary/aromatic N) is 1. The molecule has 1 fully saturated rings. The fourth-order valence-corrected chi connectivity index (χ4v) is 4.30. The standard InChI is InChI=1S/C23H15Cl2FN2O2S/c24-16-7-10-20(18(25)12-16)28-22(29)21(31-23(28)27)11-14-5-8-17(9-6-14)30-13-15-3-1-2-4-19(15)26/h1-12,27H,13H2. The van der Waals surface area contributed by atoms with Gasteiger partial charge in [-0.25, -0.2) is 4.39 Å². The summed E-state index contributed by atoms with van der Waals surface area (Å²) in [6, 6.07) is 18.3. The molecule has 4 nitrogen and oxygen atoms in total. The molecule has 4 rings (SSSR count). The molecule has 0 aromatic heterocycles. The first-order chi connectivity index (χ1) is 14.9. The summed E-state index contributed by atoms with van der Waals surface area (Å²) in [5.41, 5.74) is 1.65. The first-order valence-electron chi connectivity index (χ1n) is 9.16. The van der Waals surface area contributed by atoms with Gasteiger partial charge in [0.2, 0.25) is 0 Å². The summed E-state index contributed by atoms with van der Waals surface area (Å²) in [5.74, 6) is -0.0642. The topological polar surface area (TPSA) is 53.4 Å². The van der Waals surface area contributed by atoms with Crippen LogP contribution in [0.25, 0.3) is 6.08 Å². The molecule has 1 amide bonds. The molecule has 3 aromatic carbocycles. The maximum atomic E-state index is 13.7. The van der Waals surface area contributed by atoms with Crippen molar-refractivity contribution in [2.45, 2.75) is 6.61 Å². The van der Waals surface area contributed by atoms with Gasteiger partial charge >= 0.3 is 0 Å². The zero-order valence-electron chi connectivity index (χ0n) is 15.9. The van der Waals surface area contributed by atoms with Crippen molar-refractivity contribution < 1.29 is 13.9 Å². The second kappa shape index (κ2) is 9.14. The molecule has 156 valence electrons. The Labute approximate surface area is 192 Å². The molecule has 0 radical (unpaired) electrons. The number of ether oxygens (including phenoxy) is 1. The minimum atomic E-state index is -0.334. The molecule has 0 bridgehead atoms. The summed E-state index contributed by atoms with van der Waals surface area (Å²) in [4.78, 5) is 14.5. The highest BCUT2D eigenvalue weighted by atomic mass is 35.5. The van der Waals surface area contributed by atoms with Crippen molar-refractivity contribution in [2.24, 2.45) is 0 Å². The molecule has 1 saturated heterocycles. The molecule has 1 heterocycles. The van der Waals surface area contributed by atoms with E-state index >= 15 is 0 Å². The van der Waals surface area contributed by atoms with Gasteiger partial charge in [-0.15, -0.1) is 0 Å². The van der Waals surface area contributed by atoms with Crippen molar-refractivity contribution in [1.82, 2.24) is 0 Å². The predicted molar refractivity (Wildman–Crippen MR) is 124 cm³/mol. The third kappa shape index (κ3) is 4.77. The number of nitrogens with one attached hydrogen (secondary N) is 1. The van der Waals surface area contributed by atoms with E-state index in [9.17, 15) is 9.18 Å². The van der Waals surface area contributed by atoms with Gasteiger partial charge in [0.05, 0.1) is 15.6 Å². The van der Waals surface area contributed by atoms with Crippen LogP contribution in [0.15, 0.2) is 71.6 Å². The predicted octanol–water partition coefficient (Wildman–Crippen LogP) is 6.77. The van der Waals surface area contributed by atoms with Crippen LogP contribution in [0, 0.1) is 11.2 Å². The number of amides is 1. The molecule has 0 saturated carbocycles. The Morgan fingerprint density at radius 1 is 1.06 bits per heavy atom. The molecule has 8 heteroatoms. The molecule has 1 aliphatic heterocycles. The molecule has 0 unspecified atom stereocenters. The quantitative estimate of drug-likeness (QED) is 0.417. The van der Waals surface area contributed by atoms with E-state index in [4.69, 9.17) is 33.3 Å². The highest BCUT2D eigenvalue weighted by Crippen LogP contribution is 2.39. The number of amidine groups is 1. The molecule has 0 spiro atoms. The molecular formula is C23H15Cl2FN2O2S. The summed E-state index contributed by atoms with van der Waals surface area (Å²) in [7, 11) is 0. The number of anilines is 1. The second-order valence-corrected chi connectivity index (χ2v) is 8.48. The van der Waals surface area contributed by atoms with Crippen LogP contribution >= 0.6 is 35.0 Å². The van der Waals surface area contributed by atoms with E-state index in [-0.39, 0.29) is 23.5 Å². The lowest BCUT2D eigenvalue weighted by molar-refractivity contribution is -0.113. The van der Waals surface area contributed by atoms with Crippen LogP contribution in [0.2, 0.25) is 10.0 Å². The van der Waals surface area contributed by atoms with Gasteiger partial charge in [-0.2, -0.15) is 0 Å². The molecule has 3 aromatic rings. The van der Waals surface area contributed by atoms with Gasteiger partial charge in [-0.3, -0.25) is 15.1 Å². The first-order valence-corrected chi connectivity index (χ1v) is 10.7. The van der Waals surface area contributed by atoms with Crippen LogP contribution in [0.5, 0.6) is 5.75 Å². The number of benzene rings is 3. The van der Waals surface area contributed by atoms with Crippen LogP contribution in [-0.2, 0) is 11.4 Å². The zero-order chi connectivity index (χ0) is 22.0. The molecule has 31 heavy (non-hydrogen) atoms. The molecule has 0 aliphatic carbocycles. The smallest absolute Gasteiger partial charge is 0.271 e. The van der Waals surface area contributed by atoms with E-state index in [1.165, 1.54) is 17.0 Å². The van der Waals surface area contributed by atoms with Crippen molar-refractivity contribution in [3.8, 4) is 5.75 Å². The van der Waals surface area contributed by atoms with Gasteiger partial charge in [0.15, 0.2) is 5.17 Å². The summed E-state index contributed by atoms with van der Waals surface area (Å²) < 4.78 is 19.3. The summed E-state index contributed by atoms with van der Waals surface area (Å²) >= 11 is 13.2. The van der Waals surface area contributed by atoms with Crippen LogP contribution < -0.4 is 9.64 Å². The Bertz CT molecular complexity index is 1200. The van der Waals surface area contributed by atoms with Gasteiger partial charge < -0.3 is 4.74 Å². The van der Waals surface area contributed by atoms with Crippen molar-refractivity contribution in [1.29, 1.82) is 5.41 Å². The lowest BCUT2D eigenvalue weighted by Gasteiger charge is -2.16. The lowest BCUT2D eigenvalue weighted by Crippen LogP contribution is -2.28. The number of carbonyl (C=O) groups excluding carboxylic acids is 1. The number of thioether (sulfide) groups is 1. The van der Waals surface area contributed by atoms with Crippen molar-refractivity contribution in [3.05, 3.63) is 98.6 Å².